The Kier molecular flexibility index (Phi) is 4.20. The summed E-state index contributed by atoms with van der Waals surface area (Å²) in [5, 5.41) is 11.0. The van der Waals surface area contributed by atoms with Crippen molar-refractivity contribution in [2.45, 2.75) is 20.3 Å². The van der Waals surface area contributed by atoms with E-state index in [1.54, 1.807) is 13.0 Å². The third-order valence-electron chi connectivity index (χ3n) is 4.78. The lowest BCUT2D eigenvalue weighted by Crippen LogP contribution is -2.11. The monoisotopic (exact) mass is 356 g/mol. The lowest BCUT2D eigenvalue weighted by Gasteiger charge is -2.09. The van der Waals surface area contributed by atoms with Crippen molar-refractivity contribution < 1.29 is 23.4 Å². The normalized spacial score (nSPS) is 17.1. The number of ether oxygens (including phenoxy) is 2. The highest BCUT2D eigenvalue weighted by molar-refractivity contribution is 5.83. The highest BCUT2D eigenvalue weighted by Gasteiger charge is 2.19. The molecule has 6 heteroatoms. The quantitative estimate of drug-likeness (QED) is 0.766. The van der Waals surface area contributed by atoms with E-state index in [2.05, 4.69) is 0 Å². The predicted octanol–water partition coefficient (Wildman–Crippen LogP) is 3.79. The van der Waals surface area contributed by atoms with E-state index in [0.29, 0.717) is 29.4 Å². The van der Waals surface area contributed by atoms with Gasteiger partial charge in [-0.15, -0.1) is 0 Å². The average molecular weight is 356 g/mol. The molecule has 0 radical (unpaired) electrons. The van der Waals surface area contributed by atoms with Gasteiger partial charge in [-0.25, -0.2) is 4.79 Å². The van der Waals surface area contributed by atoms with Crippen LogP contribution in [0.2, 0.25) is 0 Å². The molecule has 0 bridgehead atoms. The molecule has 1 saturated heterocycles. The van der Waals surface area contributed by atoms with Crippen molar-refractivity contribution in [3.63, 3.8) is 0 Å². The molecule has 0 aliphatic carbocycles. The first kappa shape index (κ1) is 16.7. The SMILES string of the molecule is Cc1c(-c2cc3ccc(OCC4CCOC4)cc3o2)oc(=O)c(C)c1O. The molecule has 0 saturated carbocycles. The molecule has 6 nitrogen and oxygen atoms in total. The van der Waals surface area contributed by atoms with Gasteiger partial charge >= 0.3 is 5.63 Å². The topological polar surface area (TPSA) is 82.0 Å². The summed E-state index contributed by atoms with van der Waals surface area (Å²) in [4.78, 5) is 11.9. The Morgan fingerprint density at radius 3 is 2.81 bits per heavy atom. The standard InChI is InChI=1S/C20H20O6/c1-11-18(21)12(2)20(22)26-19(11)17-7-14-3-4-15(8-16(14)25-17)24-10-13-5-6-23-9-13/h3-4,7-8,13,21H,5-6,9-10H2,1-2H3. The molecule has 1 aliphatic rings. The van der Waals surface area contributed by atoms with Gasteiger partial charge in [0.1, 0.15) is 17.1 Å². The molecule has 1 atom stereocenters. The Bertz CT molecular complexity index is 1010. The molecule has 1 unspecified atom stereocenters. The number of hydrogen-bond acceptors (Lipinski definition) is 6. The third-order valence-corrected chi connectivity index (χ3v) is 4.78. The maximum atomic E-state index is 11.9. The highest BCUT2D eigenvalue weighted by Crippen LogP contribution is 2.34. The molecule has 136 valence electrons. The van der Waals surface area contributed by atoms with Crippen LogP contribution in [0, 0.1) is 19.8 Å². The van der Waals surface area contributed by atoms with Crippen LogP contribution in [0.3, 0.4) is 0 Å². The first-order valence-electron chi connectivity index (χ1n) is 8.60. The van der Waals surface area contributed by atoms with Gasteiger partial charge in [-0.3, -0.25) is 0 Å². The van der Waals surface area contributed by atoms with E-state index in [-0.39, 0.29) is 17.1 Å². The van der Waals surface area contributed by atoms with Gasteiger partial charge in [-0.1, -0.05) is 0 Å². The number of furan rings is 1. The molecule has 0 amide bonds. The Balaban J connectivity index is 1.65. The molecular formula is C20H20O6. The van der Waals surface area contributed by atoms with E-state index in [0.717, 1.165) is 30.8 Å². The van der Waals surface area contributed by atoms with Gasteiger partial charge in [-0.2, -0.15) is 0 Å². The zero-order valence-electron chi connectivity index (χ0n) is 14.7. The largest absolute Gasteiger partial charge is 0.507 e. The van der Waals surface area contributed by atoms with Crippen LogP contribution in [0.15, 0.2) is 37.9 Å². The van der Waals surface area contributed by atoms with Crippen molar-refractivity contribution in [2.75, 3.05) is 19.8 Å². The summed E-state index contributed by atoms with van der Waals surface area (Å²) in [7, 11) is 0. The van der Waals surface area contributed by atoms with Crippen molar-refractivity contribution in [3.8, 4) is 23.0 Å². The van der Waals surface area contributed by atoms with Crippen LogP contribution in [0.4, 0.5) is 0 Å². The van der Waals surface area contributed by atoms with Crippen LogP contribution in [-0.4, -0.2) is 24.9 Å². The summed E-state index contributed by atoms with van der Waals surface area (Å²) in [6, 6.07) is 7.37. The summed E-state index contributed by atoms with van der Waals surface area (Å²) in [5.41, 5.74) is 0.710. The fourth-order valence-electron chi connectivity index (χ4n) is 3.11. The minimum Gasteiger partial charge on any atom is -0.507 e. The van der Waals surface area contributed by atoms with Crippen molar-refractivity contribution in [1.29, 1.82) is 0 Å². The zero-order valence-corrected chi connectivity index (χ0v) is 14.7. The molecule has 26 heavy (non-hydrogen) atoms. The number of benzene rings is 1. The van der Waals surface area contributed by atoms with Gasteiger partial charge in [0, 0.05) is 29.5 Å². The lowest BCUT2D eigenvalue weighted by molar-refractivity contribution is 0.167. The van der Waals surface area contributed by atoms with Crippen LogP contribution in [0.5, 0.6) is 11.5 Å². The van der Waals surface area contributed by atoms with Gasteiger partial charge in [0.25, 0.3) is 0 Å². The molecule has 2 aromatic heterocycles. The van der Waals surface area contributed by atoms with Gasteiger partial charge in [0.05, 0.1) is 18.8 Å². The van der Waals surface area contributed by atoms with E-state index in [4.69, 9.17) is 18.3 Å². The van der Waals surface area contributed by atoms with E-state index in [1.165, 1.54) is 6.92 Å². The molecule has 0 spiro atoms. The molecule has 3 heterocycles. The summed E-state index contributed by atoms with van der Waals surface area (Å²) >= 11 is 0. The number of aromatic hydroxyl groups is 1. The van der Waals surface area contributed by atoms with Gasteiger partial charge < -0.3 is 23.4 Å². The molecular weight excluding hydrogens is 336 g/mol. The number of fused-ring (bicyclic) bond motifs is 1. The molecule has 3 aromatic rings. The number of rotatable bonds is 4. The number of hydrogen-bond donors (Lipinski definition) is 1. The minimum atomic E-state index is -0.577. The molecule has 1 fully saturated rings. The van der Waals surface area contributed by atoms with E-state index in [9.17, 15) is 9.90 Å². The lowest BCUT2D eigenvalue weighted by atomic mass is 10.1. The third kappa shape index (κ3) is 2.97. The van der Waals surface area contributed by atoms with Gasteiger partial charge in [0.2, 0.25) is 0 Å². The fraction of sp³-hybridized carbons (Fsp3) is 0.350. The van der Waals surface area contributed by atoms with Crippen LogP contribution in [0.1, 0.15) is 17.5 Å². The Labute approximate surface area is 150 Å². The van der Waals surface area contributed by atoms with Crippen LogP contribution >= 0.6 is 0 Å². The second-order valence-electron chi connectivity index (χ2n) is 6.67. The van der Waals surface area contributed by atoms with Crippen molar-refractivity contribution in [1.82, 2.24) is 0 Å². The van der Waals surface area contributed by atoms with E-state index >= 15 is 0 Å². The van der Waals surface area contributed by atoms with Crippen molar-refractivity contribution in [2.24, 2.45) is 5.92 Å². The second kappa shape index (κ2) is 6.53. The average Bonchev–Trinajstić information content (AvgIpc) is 3.30. The predicted molar refractivity (Wildman–Crippen MR) is 95.7 cm³/mol. The zero-order chi connectivity index (χ0) is 18.3. The van der Waals surface area contributed by atoms with Crippen LogP contribution in [0.25, 0.3) is 22.5 Å². The van der Waals surface area contributed by atoms with Crippen molar-refractivity contribution in [3.05, 3.63) is 45.8 Å². The first-order valence-corrected chi connectivity index (χ1v) is 8.60. The second-order valence-corrected chi connectivity index (χ2v) is 6.67. The molecule has 4 rings (SSSR count). The summed E-state index contributed by atoms with van der Waals surface area (Å²) in [5.74, 6) is 1.70. The highest BCUT2D eigenvalue weighted by atomic mass is 16.5. The van der Waals surface area contributed by atoms with E-state index < -0.39 is 5.63 Å². The van der Waals surface area contributed by atoms with Gasteiger partial charge in [0.15, 0.2) is 11.5 Å². The van der Waals surface area contributed by atoms with Crippen LogP contribution < -0.4 is 10.4 Å². The van der Waals surface area contributed by atoms with Crippen LogP contribution in [-0.2, 0) is 4.74 Å². The molecule has 1 aromatic carbocycles. The maximum Gasteiger partial charge on any atom is 0.343 e. The smallest absolute Gasteiger partial charge is 0.343 e. The van der Waals surface area contributed by atoms with Gasteiger partial charge in [-0.05, 0) is 38.5 Å². The minimum absolute atomic E-state index is 0.0699. The maximum absolute atomic E-state index is 11.9. The summed E-state index contributed by atoms with van der Waals surface area (Å²) in [6.07, 6.45) is 1.02. The molecule has 1 N–H and O–H groups in total. The fourth-order valence-corrected chi connectivity index (χ4v) is 3.11. The summed E-state index contributed by atoms with van der Waals surface area (Å²) in [6.45, 7) is 5.35. The molecule has 1 aliphatic heterocycles. The van der Waals surface area contributed by atoms with Crippen molar-refractivity contribution >= 4 is 11.0 Å². The Morgan fingerprint density at radius 2 is 2.04 bits per heavy atom. The van der Waals surface area contributed by atoms with E-state index in [1.807, 2.05) is 18.2 Å². The summed E-state index contributed by atoms with van der Waals surface area (Å²) < 4.78 is 22.4. The Hall–Kier alpha value is -2.73. The first-order chi connectivity index (χ1) is 12.5. The Morgan fingerprint density at radius 1 is 1.19 bits per heavy atom.